The summed E-state index contributed by atoms with van der Waals surface area (Å²) in [5.74, 6) is 2.42. The maximum atomic E-state index is 5.30. The molecule has 0 N–H and O–H groups in total. The van der Waals surface area contributed by atoms with Crippen molar-refractivity contribution in [2.24, 2.45) is 5.92 Å². The Hall–Kier alpha value is -0.720. The van der Waals surface area contributed by atoms with Crippen LogP contribution in [0.25, 0.3) is 0 Å². The molecule has 0 aliphatic heterocycles. The molecule has 0 saturated heterocycles. The summed E-state index contributed by atoms with van der Waals surface area (Å²) in [4.78, 5) is 0. The third-order valence-corrected chi connectivity index (χ3v) is 1.85. The molecule has 0 spiro atoms. The number of hydrogen-bond donors (Lipinski definition) is 0. The zero-order valence-electron chi connectivity index (χ0n) is 7.50. The third kappa shape index (κ3) is 2.41. The zero-order valence-corrected chi connectivity index (χ0v) is 7.50. The smallest absolute Gasteiger partial charge is 0.106 e. The predicted octanol–water partition coefficient (Wildman–Crippen LogP) is 3.43. The van der Waals surface area contributed by atoms with Crippen LogP contribution in [0.15, 0.2) is 22.8 Å². The summed E-state index contributed by atoms with van der Waals surface area (Å²) in [6.07, 6.45) is 2.94. The lowest BCUT2D eigenvalue weighted by molar-refractivity contribution is 0.426. The Morgan fingerprint density at radius 1 is 1.36 bits per heavy atom. The topological polar surface area (TPSA) is 13.1 Å². The summed E-state index contributed by atoms with van der Waals surface area (Å²) in [5, 5.41) is 0. The van der Waals surface area contributed by atoms with E-state index in [-0.39, 0.29) is 0 Å². The van der Waals surface area contributed by atoms with Crippen LogP contribution in [0.4, 0.5) is 0 Å². The van der Waals surface area contributed by atoms with Crippen molar-refractivity contribution in [3.8, 4) is 0 Å². The molecule has 0 aliphatic carbocycles. The van der Waals surface area contributed by atoms with Crippen LogP contribution in [0.1, 0.15) is 38.9 Å². The van der Waals surface area contributed by atoms with E-state index in [1.165, 1.54) is 6.42 Å². The van der Waals surface area contributed by atoms with Crippen molar-refractivity contribution in [3.05, 3.63) is 24.2 Å². The highest BCUT2D eigenvalue weighted by Crippen LogP contribution is 2.22. The van der Waals surface area contributed by atoms with Gasteiger partial charge in [0, 0.05) is 5.92 Å². The summed E-state index contributed by atoms with van der Waals surface area (Å²) >= 11 is 0. The second-order valence-corrected chi connectivity index (χ2v) is 3.55. The fraction of sp³-hybridized carbons (Fsp3) is 0.600. The van der Waals surface area contributed by atoms with Crippen molar-refractivity contribution >= 4 is 0 Å². The lowest BCUT2D eigenvalue weighted by atomic mass is 9.97. The van der Waals surface area contributed by atoms with E-state index in [0.717, 1.165) is 11.7 Å². The first-order chi connectivity index (χ1) is 5.20. The van der Waals surface area contributed by atoms with Crippen LogP contribution < -0.4 is 0 Å². The van der Waals surface area contributed by atoms with Gasteiger partial charge >= 0.3 is 0 Å². The highest BCUT2D eigenvalue weighted by Gasteiger charge is 2.09. The molecule has 0 aliphatic rings. The monoisotopic (exact) mass is 152 g/mol. The fourth-order valence-corrected chi connectivity index (χ4v) is 1.39. The average Bonchev–Trinajstić information content (AvgIpc) is 2.35. The first kappa shape index (κ1) is 8.38. The summed E-state index contributed by atoms with van der Waals surface area (Å²) in [6.45, 7) is 6.68. The van der Waals surface area contributed by atoms with Gasteiger partial charge in [0.2, 0.25) is 0 Å². The molecule has 11 heavy (non-hydrogen) atoms. The molecule has 0 bridgehead atoms. The van der Waals surface area contributed by atoms with E-state index in [4.69, 9.17) is 4.42 Å². The minimum atomic E-state index is 0.560. The molecule has 1 unspecified atom stereocenters. The van der Waals surface area contributed by atoms with Gasteiger partial charge < -0.3 is 4.42 Å². The van der Waals surface area contributed by atoms with E-state index in [1.54, 1.807) is 6.26 Å². The van der Waals surface area contributed by atoms with Crippen LogP contribution >= 0.6 is 0 Å². The molecule has 1 aromatic heterocycles. The molecule has 0 fully saturated rings. The molecule has 1 rings (SSSR count). The molecule has 1 heterocycles. The molecule has 1 heteroatoms. The van der Waals surface area contributed by atoms with Crippen LogP contribution in [0.3, 0.4) is 0 Å². The molecule has 0 saturated carbocycles. The van der Waals surface area contributed by atoms with Crippen molar-refractivity contribution in [2.75, 3.05) is 0 Å². The van der Waals surface area contributed by atoms with Gasteiger partial charge in [-0.3, -0.25) is 0 Å². The minimum absolute atomic E-state index is 0.560. The van der Waals surface area contributed by atoms with E-state index in [0.29, 0.717) is 5.92 Å². The van der Waals surface area contributed by atoms with Crippen LogP contribution in [0.2, 0.25) is 0 Å². The Morgan fingerprint density at radius 3 is 2.55 bits per heavy atom. The van der Waals surface area contributed by atoms with E-state index < -0.39 is 0 Å². The van der Waals surface area contributed by atoms with E-state index in [9.17, 15) is 0 Å². The van der Waals surface area contributed by atoms with E-state index >= 15 is 0 Å². The predicted molar refractivity (Wildman–Crippen MR) is 46.6 cm³/mol. The average molecular weight is 152 g/mol. The van der Waals surface area contributed by atoms with Gasteiger partial charge in [0.25, 0.3) is 0 Å². The fourth-order valence-electron chi connectivity index (χ4n) is 1.39. The third-order valence-electron chi connectivity index (χ3n) is 1.85. The van der Waals surface area contributed by atoms with E-state index in [2.05, 4.69) is 20.8 Å². The first-order valence-electron chi connectivity index (χ1n) is 4.23. The molecule has 62 valence electrons. The van der Waals surface area contributed by atoms with Crippen molar-refractivity contribution in [1.29, 1.82) is 0 Å². The van der Waals surface area contributed by atoms with Gasteiger partial charge in [-0.05, 0) is 24.5 Å². The van der Waals surface area contributed by atoms with Crippen LogP contribution in [0.5, 0.6) is 0 Å². The van der Waals surface area contributed by atoms with Gasteiger partial charge in [-0.1, -0.05) is 20.8 Å². The largest absolute Gasteiger partial charge is 0.469 e. The Labute approximate surface area is 68.4 Å². The molecule has 0 aromatic carbocycles. The van der Waals surface area contributed by atoms with Gasteiger partial charge in [-0.25, -0.2) is 0 Å². The van der Waals surface area contributed by atoms with Crippen molar-refractivity contribution < 1.29 is 4.42 Å². The highest BCUT2D eigenvalue weighted by molar-refractivity contribution is 5.03. The normalized spacial score (nSPS) is 13.8. The SMILES string of the molecule is CC(C)CC(C)c1ccco1. The lowest BCUT2D eigenvalue weighted by Crippen LogP contribution is -1.96. The molecule has 1 nitrogen and oxygen atoms in total. The molecular weight excluding hydrogens is 136 g/mol. The quantitative estimate of drug-likeness (QED) is 0.646. The Kier molecular flexibility index (Phi) is 2.75. The number of furan rings is 1. The summed E-state index contributed by atoms with van der Waals surface area (Å²) in [7, 11) is 0. The maximum absolute atomic E-state index is 5.30. The second-order valence-electron chi connectivity index (χ2n) is 3.55. The maximum Gasteiger partial charge on any atom is 0.106 e. The molecule has 0 radical (unpaired) electrons. The van der Waals surface area contributed by atoms with Crippen LogP contribution in [0, 0.1) is 5.92 Å². The van der Waals surface area contributed by atoms with Crippen molar-refractivity contribution in [1.82, 2.24) is 0 Å². The molecule has 1 aromatic rings. The van der Waals surface area contributed by atoms with Crippen molar-refractivity contribution in [3.63, 3.8) is 0 Å². The minimum Gasteiger partial charge on any atom is -0.469 e. The summed E-state index contributed by atoms with van der Waals surface area (Å²) in [5.41, 5.74) is 0. The van der Waals surface area contributed by atoms with Gasteiger partial charge in [0.1, 0.15) is 5.76 Å². The Balaban J connectivity index is 2.49. The van der Waals surface area contributed by atoms with Crippen LogP contribution in [-0.4, -0.2) is 0 Å². The Morgan fingerprint density at radius 2 is 2.09 bits per heavy atom. The van der Waals surface area contributed by atoms with Gasteiger partial charge in [0.05, 0.1) is 6.26 Å². The summed E-state index contributed by atoms with van der Waals surface area (Å²) in [6, 6.07) is 4.00. The van der Waals surface area contributed by atoms with Gasteiger partial charge in [0.15, 0.2) is 0 Å². The van der Waals surface area contributed by atoms with Gasteiger partial charge in [-0.15, -0.1) is 0 Å². The molecular formula is C10H16O. The van der Waals surface area contributed by atoms with E-state index in [1.807, 2.05) is 12.1 Å². The zero-order chi connectivity index (χ0) is 8.27. The molecule has 0 amide bonds. The number of rotatable bonds is 3. The highest BCUT2D eigenvalue weighted by atomic mass is 16.3. The van der Waals surface area contributed by atoms with Gasteiger partial charge in [-0.2, -0.15) is 0 Å². The van der Waals surface area contributed by atoms with Crippen molar-refractivity contribution in [2.45, 2.75) is 33.1 Å². The second kappa shape index (κ2) is 3.61. The summed E-state index contributed by atoms with van der Waals surface area (Å²) < 4.78 is 5.30. The molecule has 1 atom stereocenters. The number of hydrogen-bond acceptors (Lipinski definition) is 1. The standard InChI is InChI=1S/C10H16O/c1-8(2)7-9(3)10-5-4-6-11-10/h4-6,8-9H,7H2,1-3H3. The lowest BCUT2D eigenvalue weighted by Gasteiger charge is -2.10. The Bertz CT molecular complexity index is 187. The first-order valence-corrected chi connectivity index (χ1v) is 4.23. The van der Waals surface area contributed by atoms with Crippen LogP contribution in [-0.2, 0) is 0 Å².